The number of hydrogen-bond acceptors (Lipinski definition) is 3. The number of nitrogens with one attached hydrogen (secondary N) is 1. The molecule has 0 fully saturated rings. The van der Waals surface area contributed by atoms with Crippen LogP contribution in [0.2, 0.25) is 0 Å². The predicted molar refractivity (Wildman–Crippen MR) is 42.6 cm³/mol. The van der Waals surface area contributed by atoms with Crippen LogP contribution in [0.4, 0.5) is 0 Å². The van der Waals surface area contributed by atoms with E-state index in [1.165, 1.54) is 11.3 Å². The molecule has 4 heteroatoms. The molecular weight excluding hydrogens is 146 g/mol. The molecule has 0 unspecified atom stereocenters. The maximum atomic E-state index is 7.50. The number of aromatic nitrogens is 1. The van der Waals surface area contributed by atoms with Crippen LogP contribution in [0.1, 0.15) is 4.88 Å². The molecule has 0 aliphatic carbocycles. The number of rotatable bonds is 1. The molecule has 0 aliphatic rings. The van der Waals surface area contributed by atoms with Gasteiger partial charge < -0.3 is 4.90 Å². The Labute approximate surface area is 63.8 Å². The maximum Gasteiger partial charge on any atom is 0.139 e. The summed E-state index contributed by atoms with van der Waals surface area (Å²) in [4.78, 5) is 6.54. The summed E-state index contributed by atoms with van der Waals surface area (Å²) in [6.07, 6.45) is 1.70. The van der Waals surface area contributed by atoms with Gasteiger partial charge >= 0.3 is 0 Å². The molecule has 10 heavy (non-hydrogen) atoms. The number of amidine groups is 1. The van der Waals surface area contributed by atoms with Crippen molar-refractivity contribution in [3.8, 4) is 0 Å². The Morgan fingerprint density at radius 3 is 2.80 bits per heavy atom. The van der Waals surface area contributed by atoms with E-state index in [0.717, 1.165) is 4.88 Å². The fourth-order valence-electron chi connectivity index (χ4n) is 0.553. The van der Waals surface area contributed by atoms with Gasteiger partial charge in [0.2, 0.25) is 0 Å². The van der Waals surface area contributed by atoms with Gasteiger partial charge in [0.1, 0.15) is 5.84 Å². The van der Waals surface area contributed by atoms with Crippen LogP contribution in [-0.4, -0.2) is 29.8 Å². The van der Waals surface area contributed by atoms with E-state index in [1.807, 2.05) is 14.1 Å². The molecule has 0 saturated heterocycles. The minimum atomic E-state index is 0.516. The van der Waals surface area contributed by atoms with Gasteiger partial charge in [0.05, 0.1) is 10.4 Å². The molecule has 0 spiro atoms. The van der Waals surface area contributed by atoms with Gasteiger partial charge in [-0.25, -0.2) is 0 Å². The average molecular weight is 155 g/mol. The van der Waals surface area contributed by atoms with Crippen LogP contribution in [0.25, 0.3) is 0 Å². The van der Waals surface area contributed by atoms with Crippen LogP contribution < -0.4 is 0 Å². The lowest BCUT2D eigenvalue weighted by molar-refractivity contribution is 0.620. The summed E-state index contributed by atoms with van der Waals surface area (Å²) in [6, 6.07) is 0. The van der Waals surface area contributed by atoms with Gasteiger partial charge in [-0.2, -0.15) is 0 Å². The third-order valence-electron chi connectivity index (χ3n) is 1.11. The summed E-state index contributed by atoms with van der Waals surface area (Å²) in [6.45, 7) is 0. The van der Waals surface area contributed by atoms with E-state index in [-0.39, 0.29) is 0 Å². The van der Waals surface area contributed by atoms with Crippen LogP contribution in [0.5, 0.6) is 0 Å². The van der Waals surface area contributed by atoms with Crippen molar-refractivity contribution in [3.63, 3.8) is 0 Å². The van der Waals surface area contributed by atoms with Crippen LogP contribution >= 0.6 is 11.3 Å². The summed E-state index contributed by atoms with van der Waals surface area (Å²) in [7, 11) is 3.70. The number of nitrogens with zero attached hydrogens (tertiary/aromatic N) is 2. The second-order valence-electron chi connectivity index (χ2n) is 2.11. The Kier molecular flexibility index (Phi) is 2.01. The summed E-state index contributed by atoms with van der Waals surface area (Å²) in [5.74, 6) is 0.516. The highest BCUT2D eigenvalue weighted by Gasteiger charge is 2.02. The van der Waals surface area contributed by atoms with Crippen molar-refractivity contribution in [1.29, 1.82) is 5.41 Å². The topological polar surface area (TPSA) is 40.0 Å². The molecule has 1 N–H and O–H groups in total. The standard InChI is InChI=1S/C6H9N3S/c1-9(2)6(7)5-3-8-4-10-5/h3-4,7H,1-2H3. The van der Waals surface area contributed by atoms with Crippen molar-refractivity contribution >= 4 is 17.2 Å². The molecule has 0 aliphatic heterocycles. The molecule has 1 aromatic rings. The molecule has 0 radical (unpaired) electrons. The first-order chi connectivity index (χ1) is 4.72. The third kappa shape index (κ3) is 1.33. The molecule has 0 amide bonds. The third-order valence-corrected chi connectivity index (χ3v) is 1.89. The predicted octanol–water partition coefficient (Wildman–Crippen LogP) is 1.03. The van der Waals surface area contributed by atoms with Gasteiger partial charge in [-0.05, 0) is 0 Å². The molecule has 0 saturated carbocycles. The van der Waals surface area contributed by atoms with E-state index in [4.69, 9.17) is 5.41 Å². The lowest BCUT2D eigenvalue weighted by atomic mass is 10.5. The van der Waals surface area contributed by atoms with Crippen molar-refractivity contribution in [2.24, 2.45) is 0 Å². The lowest BCUT2D eigenvalue weighted by Gasteiger charge is -2.10. The van der Waals surface area contributed by atoms with Crippen LogP contribution in [0, 0.1) is 5.41 Å². The van der Waals surface area contributed by atoms with Crippen molar-refractivity contribution in [2.45, 2.75) is 0 Å². The van der Waals surface area contributed by atoms with Crippen molar-refractivity contribution in [2.75, 3.05) is 14.1 Å². The molecule has 0 atom stereocenters. The van der Waals surface area contributed by atoms with Gasteiger partial charge in [-0.1, -0.05) is 0 Å². The van der Waals surface area contributed by atoms with Crippen molar-refractivity contribution in [1.82, 2.24) is 9.88 Å². The van der Waals surface area contributed by atoms with E-state index in [2.05, 4.69) is 4.98 Å². The second-order valence-corrected chi connectivity index (χ2v) is 3.00. The Hall–Kier alpha value is -0.900. The number of thiazole rings is 1. The molecule has 3 nitrogen and oxygen atoms in total. The quantitative estimate of drug-likeness (QED) is 0.486. The minimum absolute atomic E-state index is 0.516. The van der Waals surface area contributed by atoms with Crippen molar-refractivity contribution in [3.05, 3.63) is 16.6 Å². The molecule has 1 heterocycles. The highest BCUT2D eigenvalue weighted by Crippen LogP contribution is 2.06. The highest BCUT2D eigenvalue weighted by molar-refractivity contribution is 7.11. The van der Waals surface area contributed by atoms with Crippen LogP contribution in [0.3, 0.4) is 0 Å². The van der Waals surface area contributed by atoms with Gasteiger partial charge in [0, 0.05) is 20.3 Å². The van der Waals surface area contributed by atoms with E-state index < -0.39 is 0 Å². The molecule has 1 aromatic heterocycles. The zero-order valence-corrected chi connectivity index (χ0v) is 6.77. The Morgan fingerprint density at radius 1 is 1.70 bits per heavy atom. The largest absolute Gasteiger partial charge is 0.362 e. The monoisotopic (exact) mass is 155 g/mol. The fraction of sp³-hybridized carbons (Fsp3) is 0.333. The highest BCUT2D eigenvalue weighted by atomic mass is 32.1. The van der Waals surface area contributed by atoms with Crippen molar-refractivity contribution < 1.29 is 0 Å². The Morgan fingerprint density at radius 2 is 2.40 bits per heavy atom. The maximum absolute atomic E-state index is 7.50. The van der Waals surface area contributed by atoms with E-state index >= 15 is 0 Å². The molecule has 0 aromatic carbocycles. The fourth-order valence-corrected chi connectivity index (χ4v) is 1.20. The summed E-state index contributed by atoms with van der Waals surface area (Å²) in [5.41, 5.74) is 1.73. The first-order valence-corrected chi connectivity index (χ1v) is 3.74. The summed E-state index contributed by atoms with van der Waals surface area (Å²) >= 11 is 1.48. The average Bonchev–Trinajstić information content (AvgIpc) is 2.36. The second kappa shape index (κ2) is 2.79. The SMILES string of the molecule is CN(C)C(=N)c1cncs1. The van der Waals surface area contributed by atoms with Crippen LogP contribution in [-0.2, 0) is 0 Å². The lowest BCUT2D eigenvalue weighted by Crippen LogP contribution is -2.20. The first-order valence-electron chi connectivity index (χ1n) is 2.86. The smallest absolute Gasteiger partial charge is 0.139 e. The van der Waals surface area contributed by atoms with Gasteiger partial charge in [-0.3, -0.25) is 10.4 Å². The normalized spacial score (nSPS) is 9.40. The molecule has 54 valence electrons. The zero-order valence-electron chi connectivity index (χ0n) is 5.96. The van der Waals surface area contributed by atoms with Gasteiger partial charge in [-0.15, -0.1) is 11.3 Å². The number of hydrogen-bond donors (Lipinski definition) is 1. The Bertz CT molecular complexity index is 215. The Balaban J connectivity index is 2.78. The molecule has 1 rings (SSSR count). The van der Waals surface area contributed by atoms with E-state index in [0.29, 0.717) is 5.84 Å². The molecule has 0 bridgehead atoms. The summed E-state index contributed by atoms with van der Waals surface area (Å²) < 4.78 is 0. The van der Waals surface area contributed by atoms with E-state index in [1.54, 1.807) is 16.6 Å². The first kappa shape index (κ1) is 7.21. The molecular formula is C6H9N3S. The minimum Gasteiger partial charge on any atom is -0.362 e. The van der Waals surface area contributed by atoms with Gasteiger partial charge in [0.25, 0.3) is 0 Å². The summed E-state index contributed by atoms with van der Waals surface area (Å²) in [5, 5.41) is 7.50. The zero-order chi connectivity index (χ0) is 7.56. The van der Waals surface area contributed by atoms with Crippen LogP contribution in [0.15, 0.2) is 11.7 Å². The van der Waals surface area contributed by atoms with E-state index in [9.17, 15) is 0 Å². The van der Waals surface area contributed by atoms with Gasteiger partial charge in [0.15, 0.2) is 0 Å².